The highest BCUT2D eigenvalue weighted by molar-refractivity contribution is 7.89. The van der Waals surface area contributed by atoms with Crippen LogP contribution in [0.1, 0.15) is 23.2 Å². The summed E-state index contributed by atoms with van der Waals surface area (Å²) < 4.78 is 41.1. The topological polar surface area (TPSA) is 95.2 Å². The molecule has 1 aliphatic heterocycles. The van der Waals surface area contributed by atoms with Crippen molar-refractivity contribution in [3.05, 3.63) is 65.4 Å². The number of carbonyl (C=O) groups excluding carboxylic acids is 1. The van der Waals surface area contributed by atoms with E-state index in [0.717, 1.165) is 41.4 Å². The average Bonchev–Trinajstić information content (AvgIpc) is 3.54. The lowest BCUT2D eigenvalue weighted by Gasteiger charge is -2.16. The van der Waals surface area contributed by atoms with Crippen LogP contribution in [-0.2, 0) is 10.0 Å². The lowest BCUT2D eigenvalue weighted by Crippen LogP contribution is -2.29. The largest absolute Gasteiger partial charge is 0.360 e. The number of carbonyl (C=O) groups is 1. The Hall–Kier alpha value is -3.08. The van der Waals surface area contributed by atoms with Crippen molar-refractivity contribution in [1.29, 1.82) is 0 Å². The fourth-order valence-corrected chi connectivity index (χ4v) is 6.13. The van der Waals surface area contributed by atoms with E-state index in [-0.39, 0.29) is 5.56 Å². The number of para-hydroxylation sites is 1. The number of aromatic amines is 1. The van der Waals surface area contributed by atoms with Gasteiger partial charge in [0.05, 0.1) is 5.69 Å². The van der Waals surface area contributed by atoms with Gasteiger partial charge in [-0.15, -0.1) is 11.3 Å². The van der Waals surface area contributed by atoms with Gasteiger partial charge >= 0.3 is 0 Å². The maximum absolute atomic E-state index is 14.3. The molecule has 4 aromatic rings. The highest BCUT2D eigenvalue weighted by Crippen LogP contribution is 2.31. The first kappa shape index (κ1) is 20.8. The Morgan fingerprint density at radius 1 is 1.16 bits per heavy atom. The van der Waals surface area contributed by atoms with E-state index in [1.807, 2.05) is 35.8 Å². The van der Waals surface area contributed by atoms with Crippen LogP contribution in [-0.4, -0.2) is 41.7 Å². The Labute approximate surface area is 188 Å². The molecule has 7 nitrogen and oxygen atoms in total. The molecular weight excluding hydrogens is 451 g/mol. The van der Waals surface area contributed by atoms with Gasteiger partial charge in [-0.1, -0.05) is 18.2 Å². The van der Waals surface area contributed by atoms with E-state index in [2.05, 4.69) is 15.3 Å². The molecular formula is C22H19FN4O3S2. The minimum atomic E-state index is -3.98. The van der Waals surface area contributed by atoms with Gasteiger partial charge in [0.2, 0.25) is 10.0 Å². The van der Waals surface area contributed by atoms with Crippen LogP contribution < -0.4 is 5.32 Å². The maximum Gasteiger partial charge on any atom is 0.257 e. The molecule has 0 spiro atoms. The molecule has 5 rings (SSSR count). The molecule has 0 saturated carbocycles. The Morgan fingerprint density at radius 2 is 1.94 bits per heavy atom. The number of benzene rings is 2. The number of sulfonamides is 1. The van der Waals surface area contributed by atoms with Crippen LogP contribution in [0.25, 0.3) is 22.2 Å². The first-order valence-corrected chi connectivity index (χ1v) is 12.4. The van der Waals surface area contributed by atoms with E-state index < -0.39 is 26.6 Å². The number of nitrogens with zero attached hydrogens (tertiary/aromatic N) is 2. The van der Waals surface area contributed by atoms with Gasteiger partial charge in [0.1, 0.15) is 10.7 Å². The summed E-state index contributed by atoms with van der Waals surface area (Å²) in [7, 11) is -3.98. The number of hydrogen-bond acceptors (Lipinski definition) is 5. The van der Waals surface area contributed by atoms with Crippen molar-refractivity contribution in [3.63, 3.8) is 0 Å². The third kappa shape index (κ3) is 3.70. The zero-order chi connectivity index (χ0) is 22.3. The fourth-order valence-electron chi connectivity index (χ4n) is 3.82. The first-order valence-electron chi connectivity index (χ1n) is 10.1. The van der Waals surface area contributed by atoms with Crippen molar-refractivity contribution in [2.24, 2.45) is 0 Å². The molecule has 0 bridgehead atoms. The van der Waals surface area contributed by atoms with Crippen molar-refractivity contribution in [3.8, 4) is 11.3 Å². The van der Waals surface area contributed by atoms with Gasteiger partial charge in [-0.25, -0.2) is 17.8 Å². The molecule has 1 amide bonds. The molecule has 1 saturated heterocycles. The fraction of sp³-hybridized carbons (Fsp3) is 0.182. The van der Waals surface area contributed by atoms with Crippen molar-refractivity contribution < 1.29 is 17.6 Å². The Morgan fingerprint density at radius 3 is 2.75 bits per heavy atom. The van der Waals surface area contributed by atoms with E-state index in [0.29, 0.717) is 23.9 Å². The minimum absolute atomic E-state index is 0.0491. The van der Waals surface area contributed by atoms with Crippen LogP contribution in [0, 0.1) is 5.82 Å². The molecule has 0 aliphatic carbocycles. The quantitative estimate of drug-likeness (QED) is 0.450. The standard InChI is InChI=1S/C22H19FN4O3S2/c23-17-8-7-14(11-20(17)32(29,30)27-9-3-4-10-27)21(28)26-22-25-19(13-31-22)16-12-24-18-6-2-1-5-15(16)18/h1-2,5-8,11-13,24H,3-4,9-10H2,(H,25,26,28). The van der Waals surface area contributed by atoms with E-state index in [1.54, 1.807) is 0 Å². The summed E-state index contributed by atoms with van der Waals surface area (Å²) in [5.74, 6) is -1.42. The van der Waals surface area contributed by atoms with Gasteiger partial charge in [-0.05, 0) is 37.1 Å². The number of fused-ring (bicyclic) bond motifs is 1. The Kier molecular flexibility index (Phi) is 5.28. The Bertz CT molecular complexity index is 1420. The molecule has 32 heavy (non-hydrogen) atoms. The van der Waals surface area contributed by atoms with Crippen LogP contribution >= 0.6 is 11.3 Å². The number of rotatable bonds is 5. The number of nitrogens with one attached hydrogen (secondary N) is 2. The highest BCUT2D eigenvalue weighted by atomic mass is 32.2. The van der Waals surface area contributed by atoms with E-state index in [9.17, 15) is 17.6 Å². The van der Waals surface area contributed by atoms with Crippen molar-refractivity contribution in [1.82, 2.24) is 14.3 Å². The molecule has 2 aromatic heterocycles. The smallest absolute Gasteiger partial charge is 0.257 e. The minimum Gasteiger partial charge on any atom is -0.360 e. The second kappa shape index (κ2) is 8.12. The predicted molar refractivity (Wildman–Crippen MR) is 122 cm³/mol. The zero-order valence-electron chi connectivity index (χ0n) is 16.8. The summed E-state index contributed by atoms with van der Waals surface area (Å²) in [6.07, 6.45) is 3.34. The lowest BCUT2D eigenvalue weighted by molar-refractivity contribution is 0.102. The number of thiazole rings is 1. The number of H-pyrrole nitrogens is 1. The second-order valence-corrected chi connectivity index (χ2v) is 10.3. The summed E-state index contributed by atoms with van der Waals surface area (Å²) in [6.45, 7) is 0.710. The number of amides is 1. The molecule has 1 fully saturated rings. The zero-order valence-corrected chi connectivity index (χ0v) is 18.5. The monoisotopic (exact) mass is 470 g/mol. The van der Waals surface area contributed by atoms with Gasteiger partial charge in [-0.3, -0.25) is 10.1 Å². The summed E-state index contributed by atoms with van der Waals surface area (Å²) in [6, 6.07) is 11.2. The van der Waals surface area contributed by atoms with Gasteiger partial charge in [0.25, 0.3) is 5.91 Å². The SMILES string of the molecule is O=C(Nc1nc(-c2c[nH]c3ccccc23)cs1)c1ccc(F)c(S(=O)(=O)N2CCCC2)c1. The molecule has 2 aromatic carbocycles. The summed E-state index contributed by atoms with van der Waals surface area (Å²) in [4.78, 5) is 19.9. The Balaban J connectivity index is 1.39. The maximum atomic E-state index is 14.3. The molecule has 0 unspecified atom stereocenters. The van der Waals surface area contributed by atoms with Crippen molar-refractivity contribution >= 4 is 43.3 Å². The van der Waals surface area contributed by atoms with E-state index in [4.69, 9.17) is 0 Å². The first-order chi connectivity index (χ1) is 15.4. The average molecular weight is 471 g/mol. The van der Waals surface area contributed by atoms with Crippen molar-refractivity contribution in [2.75, 3.05) is 18.4 Å². The molecule has 3 heterocycles. The van der Waals surface area contributed by atoms with Gasteiger partial charge in [0, 0.05) is 46.7 Å². The van der Waals surface area contributed by atoms with Crippen LogP contribution in [0.4, 0.5) is 9.52 Å². The molecule has 1 aliphatic rings. The summed E-state index contributed by atoms with van der Waals surface area (Å²) in [5, 5.41) is 5.90. The number of hydrogen-bond donors (Lipinski definition) is 2. The van der Waals surface area contributed by atoms with Crippen LogP contribution in [0.5, 0.6) is 0 Å². The van der Waals surface area contributed by atoms with Gasteiger partial charge in [0.15, 0.2) is 5.13 Å². The van der Waals surface area contributed by atoms with Crippen molar-refractivity contribution in [2.45, 2.75) is 17.7 Å². The molecule has 2 N–H and O–H groups in total. The molecule has 0 atom stereocenters. The van der Waals surface area contributed by atoms with Crippen LogP contribution in [0.15, 0.2) is 58.9 Å². The molecule has 0 radical (unpaired) electrons. The van der Waals surface area contributed by atoms with Gasteiger partial charge < -0.3 is 4.98 Å². The molecule has 10 heteroatoms. The predicted octanol–water partition coefficient (Wildman–Crippen LogP) is 4.47. The highest BCUT2D eigenvalue weighted by Gasteiger charge is 2.30. The number of aromatic nitrogens is 2. The van der Waals surface area contributed by atoms with Crippen LogP contribution in [0.3, 0.4) is 0 Å². The van der Waals surface area contributed by atoms with Crippen LogP contribution in [0.2, 0.25) is 0 Å². The third-order valence-corrected chi connectivity index (χ3v) is 8.14. The lowest BCUT2D eigenvalue weighted by atomic mass is 10.1. The summed E-state index contributed by atoms with van der Waals surface area (Å²) >= 11 is 1.26. The van der Waals surface area contributed by atoms with E-state index in [1.165, 1.54) is 21.7 Å². The molecule has 164 valence electrons. The number of halogens is 1. The van der Waals surface area contributed by atoms with Gasteiger partial charge in [-0.2, -0.15) is 4.31 Å². The second-order valence-electron chi connectivity index (χ2n) is 7.50. The number of anilines is 1. The normalized spacial score (nSPS) is 14.8. The van der Waals surface area contributed by atoms with E-state index >= 15 is 0 Å². The third-order valence-electron chi connectivity index (χ3n) is 5.47. The summed E-state index contributed by atoms with van der Waals surface area (Å²) in [5.41, 5.74) is 2.66.